The second-order valence-electron chi connectivity index (χ2n) is 4.68. The predicted octanol–water partition coefficient (Wildman–Crippen LogP) is 1.99. The van der Waals surface area contributed by atoms with Crippen LogP contribution in [0.15, 0.2) is 0 Å². The lowest BCUT2D eigenvalue weighted by atomic mass is 9.74. The van der Waals surface area contributed by atoms with E-state index in [9.17, 15) is 4.79 Å². The van der Waals surface area contributed by atoms with Crippen LogP contribution in [0.2, 0.25) is 0 Å². The van der Waals surface area contributed by atoms with Crippen LogP contribution in [0, 0.1) is 16.7 Å². The summed E-state index contributed by atoms with van der Waals surface area (Å²) in [5.74, 6) is -0.137. The van der Waals surface area contributed by atoms with Crippen molar-refractivity contribution in [3.05, 3.63) is 0 Å². The second-order valence-corrected chi connectivity index (χ2v) is 4.68. The lowest BCUT2D eigenvalue weighted by molar-refractivity contribution is -0.130. The lowest BCUT2D eigenvalue weighted by Gasteiger charge is -2.43. The number of hydrogen-bond acceptors (Lipinski definition) is 2. The highest BCUT2D eigenvalue weighted by Gasteiger charge is 2.40. The summed E-state index contributed by atoms with van der Waals surface area (Å²) in [7, 11) is 0. The first kappa shape index (κ1) is 11.0. The Bertz CT molecular complexity index is 266. The normalized spacial score (nSPS) is 19.3. The Morgan fingerprint density at radius 2 is 2.14 bits per heavy atom. The van der Waals surface area contributed by atoms with Crippen LogP contribution in [0.25, 0.3) is 0 Å². The van der Waals surface area contributed by atoms with Crippen molar-refractivity contribution >= 4 is 5.91 Å². The SMILES string of the molecule is CCC1(NC(=O)C(C)(C)C#N)CCC1. The van der Waals surface area contributed by atoms with Gasteiger partial charge in [-0.05, 0) is 39.5 Å². The lowest BCUT2D eigenvalue weighted by Crippen LogP contribution is -2.55. The van der Waals surface area contributed by atoms with Gasteiger partial charge in [-0.2, -0.15) is 5.26 Å². The molecule has 0 aromatic carbocycles. The van der Waals surface area contributed by atoms with Crippen molar-refractivity contribution in [1.29, 1.82) is 5.26 Å². The van der Waals surface area contributed by atoms with Crippen molar-refractivity contribution in [3.63, 3.8) is 0 Å². The highest BCUT2D eigenvalue weighted by atomic mass is 16.2. The van der Waals surface area contributed by atoms with E-state index >= 15 is 0 Å². The minimum absolute atomic E-state index is 0.00873. The van der Waals surface area contributed by atoms with E-state index in [1.165, 1.54) is 6.42 Å². The third-order valence-corrected chi connectivity index (χ3v) is 3.21. The quantitative estimate of drug-likeness (QED) is 0.747. The molecular weight excluding hydrogens is 176 g/mol. The Morgan fingerprint density at radius 1 is 1.57 bits per heavy atom. The minimum Gasteiger partial charge on any atom is -0.349 e. The van der Waals surface area contributed by atoms with Gasteiger partial charge in [-0.25, -0.2) is 0 Å². The van der Waals surface area contributed by atoms with Crippen molar-refractivity contribution in [1.82, 2.24) is 5.32 Å². The van der Waals surface area contributed by atoms with Gasteiger partial charge in [0.1, 0.15) is 5.41 Å². The number of nitriles is 1. The summed E-state index contributed by atoms with van der Waals surface area (Å²) in [6.07, 6.45) is 4.24. The number of rotatable bonds is 3. The number of amides is 1. The summed E-state index contributed by atoms with van der Waals surface area (Å²) >= 11 is 0. The Morgan fingerprint density at radius 3 is 2.43 bits per heavy atom. The molecule has 0 spiro atoms. The summed E-state index contributed by atoms with van der Waals surface area (Å²) in [5.41, 5.74) is -0.914. The molecule has 0 saturated heterocycles. The average molecular weight is 194 g/mol. The molecule has 14 heavy (non-hydrogen) atoms. The molecule has 1 rings (SSSR count). The van der Waals surface area contributed by atoms with E-state index in [0.29, 0.717) is 0 Å². The van der Waals surface area contributed by atoms with Crippen LogP contribution in [-0.4, -0.2) is 11.4 Å². The molecule has 3 nitrogen and oxygen atoms in total. The van der Waals surface area contributed by atoms with Gasteiger partial charge in [-0.3, -0.25) is 4.79 Å². The molecule has 78 valence electrons. The van der Waals surface area contributed by atoms with Crippen LogP contribution in [0.5, 0.6) is 0 Å². The van der Waals surface area contributed by atoms with Gasteiger partial charge < -0.3 is 5.32 Å². The predicted molar refractivity (Wildman–Crippen MR) is 54.4 cm³/mol. The van der Waals surface area contributed by atoms with Gasteiger partial charge in [-0.1, -0.05) is 6.92 Å². The molecule has 1 N–H and O–H groups in total. The van der Waals surface area contributed by atoms with Gasteiger partial charge in [0, 0.05) is 5.54 Å². The van der Waals surface area contributed by atoms with E-state index in [2.05, 4.69) is 12.2 Å². The third kappa shape index (κ3) is 1.89. The van der Waals surface area contributed by atoms with Gasteiger partial charge in [0.25, 0.3) is 0 Å². The maximum absolute atomic E-state index is 11.7. The maximum Gasteiger partial charge on any atom is 0.240 e. The van der Waals surface area contributed by atoms with Gasteiger partial charge in [0.05, 0.1) is 6.07 Å². The van der Waals surface area contributed by atoms with E-state index in [-0.39, 0.29) is 11.4 Å². The van der Waals surface area contributed by atoms with Crippen LogP contribution >= 0.6 is 0 Å². The zero-order valence-corrected chi connectivity index (χ0v) is 9.18. The molecule has 0 aliphatic heterocycles. The second kappa shape index (κ2) is 3.61. The molecule has 0 radical (unpaired) electrons. The molecule has 1 fully saturated rings. The highest BCUT2D eigenvalue weighted by molar-refractivity contribution is 5.85. The van der Waals surface area contributed by atoms with Gasteiger partial charge in [-0.15, -0.1) is 0 Å². The summed E-state index contributed by atoms with van der Waals surface area (Å²) in [5, 5.41) is 11.8. The minimum atomic E-state index is -0.905. The van der Waals surface area contributed by atoms with E-state index in [4.69, 9.17) is 5.26 Å². The van der Waals surface area contributed by atoms with Crippen molar-refractivity contribution in [2.24, 2.45) is 5.41 Å². The summed E-state index contributed by atoms with van der Waals surface area (Å²) in [6, 6.07) is 2.02. The number of carbonyl (C=O) groups is 1. The van der Waals surface area contributed by atoms with Gasteiger partial charge in [0.2, 0.25) is 5.91 Å². The number of carbonyl (C=O) groups excluding carboxylic acids is 1. The topological polar surface area (TPSA) is 52.9 Å². The Labute approximate surface area is 85.5 Å². The molecule has 1 aliphatic carbocycles. The zero-order valence-electron chi connectivity index (χ0n) is 9.18. The van der Waals surface area contributed by atoms with E-state index in [0.717, 1.165) is 19.3 Å². The smallest absolute Gasteiger partial charge is 0.240 e. The zero-order chi connectivity index (χ0) is 10.8. The van der Waals surface area contributed by atoms with Crippen LogP contribution in [-0.2, 0) is 4.79 Å². The molecule has 0 bridgehead atoms. The van der Waals surface area contributed by atoms with Gasteiger partial charge >= 0.3 is 0 Å². The maximum atomic E-state index is 11.7. The molecule has 1 amide bonds. The molecule has 1 aliphatic rings. The van der Waals surface area contributed by atoms with Crippen LogP contribution in [0.1, 0.15) is 46.5 Å². The molecule has 0 unspecified atom stereocenters. The van der Waals surface area contributed by atoms with Crippen molar-refractivity contribution < 1.29 is 4.79 Å². The molecule has 0 heterocycles. The largest absolute Gasteiger partial charge is 0.349 e. The molecule has 0 atom stereocenters. The van der Waals surface area contributed by atoms with Crippen LogP contribution in [0.3, 0.4) is 0 Å². The van der Waals surface area contributed by atoms with Crippen LogP contribution < -0.4 is 5.32 Å². The Kier molecular flexibility index (Phi) is 2.84. The standard InChI is InChI=1S/C11H18N2O/c1-4-11(6-5-7-11)13-9(14)10(2,3)8-12/h4-7H2,1-3H3,(H,13,14). The van der Waals surface area contributed by atoms with E-state index < -0.39 is 5.41 Å². The molecule has 0 aromatic rings. The van der Waals surface area contributed by atoms with Crippen LogP contribution in [0.4, 0.5) is 0 Å². The molecule has 0 aromatic heterocycles. The fraction of sp³-hybridized carbons (Fsp3) is 0.818. The molecule has 1 saturated carbocycles. The Balaban J connectivity index is 2.61. The van der Waals surface area contributed by atoms with Gasteiger partial charge in [0.15, 0.2) is 0 Å². The summed E-state index contributed by atoms with van der Waals surface area (Å²) < 4.78 is 0. The number of nitrogens with zero attached hydrogens (tertiary/aromatic N) is 1. The fourth-order valence-electron chi connectivity index (χ4n) is 1.62. The third-order valence-electron chi connectivity index (χ3n) is 3.21. The van der Waals surface area contributed by atoms with Crippen molar-refractivity contribution in [3.8, 4) is 6.07 Å². The number of nitrogens with one attached hydrogen (secondary N) is 1. The van der Waals surface area contributed by atoms with E-state index in [1.54, 1.807) is 13.8 Å². The van der Waals surface area contributed by atoms with Crippen molar-refractivity contribution in [2.75, 3.05) is 0 Å². The average Bonchev–Trinajstić information content (AvgIpc) is 2.10. The summed E-state index contributed by atoms with van der Waals surface area (Å²) in [4.78, 5) is 11.7. The Hall–Kier alpha value is -1.04. The first-order chi connectivity index (χ1) is 6.46. The fourth-order valence-corrected chi connectivity index (χ4v) is 1.62. The first-order valence-corrected chi connectivity index (χ1v) is 5.20. The first-order valence-electron chi connectivity index (χ1n) is 5.20. The molecular formula is C11H18N2O. The van der Waals surface area contributed by atoms with Crippen molar-refractivity contribution in [2.45, 2.75) is 52.0 Å². The van der Waals surface area contributed by atoms with E-state index in [1.807, 2.05) is 6.07 Å². The monoisotopic (exact) mass is 194 g/mol. The number of hydrogen-bond donors (Lipinski definition) is 1. The summed E-state index contributed by atoms with van der Waals surface area (Å²) in [6.45, 7) is 5.40. The highest BCUT2D eigenvalue weighted by Crippen LogP contribution is 2.35. The molecule has 3 heteroatoms.